The van der Waals surface area contributed by atoms with Gasteiger partial charge in [0.05, 0.1) is 10.6 Å². The molecule has 0 aliphatic rings. The summed E-state index contributed by atoms with van der Waals surface area (Å²) in [6, 6.07) is 2.78. The summed E-state index contributed by atoms with van der Waals surface area (Å²) in [5.41, 5.74) is 0.852. The van der Waals surface area contributed by atoms with Gasteiger partial charge in [0.1, 0.15) is 6.61 Å². The topological polar surface area (TPSA) is 75.6 Å². The largest absolute Gasteiger partial charge is 0.478 e. The highest BCUT2D eigenvalue weighted by molar-refractivity contribution is 6.34. The molecule has 0 aliphatic heterocycles. The van der Waals surface area contributed by atoms with Crippen LogP contribution in [0.1, 0.15) is 15.9 Å². The van der Waals surface area contributed by atoms with Crippen LogP contribution in [-0.2, 0) is 4.74 Å². The molecule has 0 heterocycles. The van der Waals surface area contributed by atoms with Crippen LogP contribution in [0.15, 0.2) is 24.8 Å². The van der Waals surface area contributed by atoms with Crippen molar-refractivity contribution in [3.8, 4) is 0 Å². The number of hydrogen-bond donors (Lipinski definition) is 2. The van der Waals surface area contributed by atoms with E-state index in [0.29, 0.717) is 11.3 Å². The zero-order chi connectivity index (χ0) is 13.7. The van der Waals surface area contributed by atoms with Crippen molar-refractivity contribution < 1.29 is 19.4 Å². The van der Waals surface area contributed by atoms with Crippen molar-refractivity contribution in [3.63, 3.8) is 0 Å². The maximum Gasteiger partial charge on any atom is 0.411 e. The number of carboxylic acid groups (broad SMARTS) is 1. The molecular weight excluding hydrogens is 258 g/mol. The predicted octanol–water partition coefficient (Wildman–Crippen LogP) is 3.08. The molecule has 1 amide bonds. The predicted molar refractivity (Wildman–Crippen MR) is 68.3 cm³/mol. The average Bonchev–Trinajstić information content (AvgIpc) is 2.32. The molecule has 96 valence electrons. The van der Waals surface area contributed by atoms with Crippen LogP contribution in [0.5, 0.6) is 0 Å². The second-order valence-corrected chi connectivity index (χ2v) is 3.79. The van der Waals surface area contributed by atoms with Crippen molar-refractivity contribution in [3.05, 3.63) is 40.9 Å². The quantitative estimate of drug-likeness (QED) is 0.824. The number of hydrogen-bond acceptors (Lipinski definition) is 3. The van der Waals surface area contributed by atoms with Crippen LogP contribution >= 0.6 is 11.6 Å². The fraction of sp³-hybridized carbons (Fsp3) is 0.167. The number of carbonyl (C=O) groups excluding carboxylic acids is 1. The van der Waals surface area contributed by atoms with Gasteiger partial charge in [0.25, 0.3) is 0 Å². The normalized spacial score (nSPS) is 9.67. The summed E-state index contributed by atoms with van der Waals surface area (Å²) in [7, 11) is 0. The minimum absolute atomic E-state index is 0.0147. The highest BCUT2D eigenvalue weighted by Gasteiger charge is 2.14. The van der Waals surface area contributed by atoms with Crippen molar-refractivity contribution in [2.75, 3.05) is 11.9 Å². The summed E-state index contributed by atoms with van der Waals surface area (Å²) in [5.74, 6) is -1.12. The summed E-state index contributed by atoms with van der Waals surface area (Å²) in [4.78, 5) is 22.2. The molecule has 2 N–H and O–H groups in total. The summed E-state index contributed by atoms with van der Waals surface area (Å²) in [5, 5.41) is 11.4. The first kappa shape index (κ1) is 14.1. The van der Waals surface area contributed by atoms with Gasteiger partial charge in [0.2, 0.25) is 0 Å². The third-order valence-corrected chi connectivity index (χ3v) is 2.67. The molecule has 0 radical (unpaired) electrons. The van der Waals surface area contributed by atoms with Crippen LogP contribution < -0.4 is 5.32 Å². The Balaban J connectivity index is 2.92. The van der Waals surface area contributed by atoms with E-state index in [1.165, 1.54) is 18.2 Å². The highest BCUT2D eigenvalue weighted by atomic mass is 35.5. The van der Waals surface area contributed by atoms with Gasteiger partial charge in [0.15, 0.2) is 0 Å². The standard InChI is InChI=1S/C12H12ClNO4/c1-3-6-18-12(17)14-9-5-4-8(11(15)16)10(13)7(9)2/h3-5H,1,6H2,2H3,(H,14,17)(H,15,16). The first-order valence-corrected chi connectivity index (χ1v) is 5.42. The first-order chi connectivity index (χ1) is 8.47. The van der Waals surface area contributed by atoms with E-state index < -0.39 is 12.1 Å². The molecule has 0 bridgehead atoms. The summed E-state index contributed by atoms with van der Waals surface area (Å²) in [6.07, 6.45) is 0.782. The molecule has 0 saturated carbocycles. The molecule has 0 aliphatic carbocycles. The molecule has 0 fully saturated rings. The van der Waals surface area contributed by atoms with Crippen LogP contribution in [0.4, 0.5) is 10.5 Å². The van der Waals surface area contributed by atoms with Crippen LogP contribution in [0.3, 0.4) is 0 Å². The van der Waals surface area contributed by atoms with E-state index in [1.807, 2.05) is 0 Å². The Hall–Kier alpha value is -2.01. The number of carbonyl (C=O) groups is 2. The Morgan fingerprint density at radius 2 is 2.22 bits per heavy atom. The van der Waals surface area contributed by atoms with Gasteiger partial charge in [-0.05, 0) is 24.6 Å². The van der Waals surface area contributed by atoms with Crippen molar-refractivity contribution in [1.82, 2.24) is 0 Å². The number of amides is 1. The second-order valence-electron chi connectivity index (χ2n) is 3.42. The smallest absolute Gasteiger partial charge is 0.411 e. The van der Waals surface area contributed by atoms with Crippen LogP contribution in [0, 0.1) is 6.92 Å². The number of benzene rings is 1. The molecule has 0 saturated heterocycles. The fourth-order valence-corrected chi connectivity index (χ4v) is 1.51. The molecule has 0 atom stereocenters. The van der Waals surface area contributed by atoms with E-state index in [2.05, 4.69) is 11.9 Å². The Labute approximate surface area is 109 Å². The lowest BCUT2D eigenvalue weighted by Gasteiger charge is -2.11. The second kappa shape index (κ2) is 6.07. The molecular formula is C12H12ClNO4. The molecule has 5 nitrogen and oxygen atoms in total. The molecule has 1 aromatic rings. The zero-order valence-electron chi connectivity index (χ0n) is 9.70. The average molecular weight is 270 g/mol. The van der Waals surface area contributed by atoms with Crippen molar-refractivity contribution in [2.45, 2.75) is 6.92 Å². The fourth-order valence-electron chi connectivity index (χ4n) is 1.27. The number of ether oxygens (including phenoxy) is 1. The van der Waals surface area contributed by atoms with Crippen LogP contribution in [0.2, 0.25) is 5.02 Å². The molecule has 0 unspecified atom stereocenters. The van der Waals surface area contributed by atoms with E-state index in [1.54, 1.807) is 6.92 Å². The zero-order valence-corrected chi connectivity index (χ0v) is 10.5. The van der Waals surface area contributed by atoms with E-state index in [0.717, 1.165) is 0 Å². The summed E-state index contributed by atoms with van der Waals surface area (Å²) >= 11 is 5.89. The third kappa shape index (κ3) is 3.24. The Morgan fingerprint density at radius 1 is 1.56 bits per heavy atom. The van der Waals surface area contributed by atoms with E-state index in [4.69, 9.17) is 21.4 Å². The lowest BCUT2D eigenvalue weighted by atomic mass is 10.1. The van der Waals surface area contributed by atoms with Crippen molar-refractivity contribution in [1.29, 1.82) is 0 Å². The number of anilines is 1. The van der Waals surface area contributed by atoms with Gasteiger partial charge in [-0.2, -0.15) is 0 Å². The summed E-state index contributed by atoms with van der Waals surface area (Å²) in [6.45, 7) is 5.11. The number of halogens is 1. The van der Waals surface area contributed by atoms with Gasteiger partial charge in [-0.3, -0.25) is 5.32 Å². The monoisotopic (exact) mass is 269 g/mol. The lowest BCUT2D eigenvalue weighted by molar-refractivity contribution is 0.0697. The van der Waals surface area contributed by atoms with E-state index in [9.17, 15) is 9.59 Å². The molecule has 0 spiro atoms. The minimum Gasteiger partial charge on any atom is -0.478 e. The van der Waals surface area contributed by atoms with E-state index in [-0.39, 0.29) is 17.2 Å². The van der Waals surface area contributed by atoms with Gasteiger partial charge >= 0.3 is 12.1 Å². The Kier molecular flexibility index (Phi) is 4.74. The number of rotatable bonds is 4. The molecule has 1 rings (SSSR count). The lowest BCUT2D eigenvalue weighted by Crippen LogP contribution is -2.15. The van der Waals surface area contributed by atoms with Crippen LogP contribution in [-0.4, -0.2) is 23.8 Å². The van der Waals surface area contributed by atoms with Gasteiger partial charge in [-0.15, -0.1) is 0 Å². The molecule has 1 aromatic carbocycles. The minimum atomic E-state index is -1.12. The van der Waals surface area contributed by atoms with Gasteiger partial charge in [-0.1, -0.05) is 24.3 Å². The van der Waals surface area contributed by atoms with Crippen molar-refractivity contribution >= 4 is 29.4 Å². The third-order valence-electron chi connectivity index (χ3n) is 2.19. The highest BCUT2D eigenvalue weighted by Crippen LogP contribution is 2.27. The van der Waals surface area contributed by atoms with Gasteiger partial charge in [0, 0.05) is 5.69 Å². The molecule has 0 aromatic heterocycles. The number of carboxylic acids is 1. The first-order valence-electron chi connectivity index (χ1n) is 5.04. The van der Waals surface area contributed by atoms with Crippen molar-refractivity contribution in [2.24, 2.45) is 0 Å². The SMILES string of the molecule is C=CCOC(=O)Nc1ccc(C(=O)O)c(Cl)c1C. The molecule has 6 heteroatoms. The number of aromatic carboxylic acids is 1. The van der Waals surface area contributed by atoms with Crippen LogP contribution in [0.25, 0.3) is 0 Å². The molecule has 18 heavy (non-hydrogen) atoms. The summed E-state index contributed by atoms with van der Waals surface area (Å²) < 4.78 is 4.74. The Morgan fingerprint density at radius 3 is 2.78 bits per heavy atom. The van der Waals surface area contributed by atoms with Gasteiger partial charge in [-0.25, -0.2) is 9.59 Å². The Bertz CT molecular complexity index is 499. The number of nitrogens with one attached hydrogen (secondary N) is 1. The maximum absolute atomic E-state index is 11.3. The van der Waals surface area contributed by atoms with E-state index >= 15 is 0 Å². The van der Waals surface area contributed by atoms with Gasteiger partial charge < -0.3 is 9.84 Å². The maximum atomic E-state index is 11.3.